The second-order valence-corrected chi connectivity index (χ2v) is 5.28. The number of aromatic nitrogens is 2. The van der Waals surface area contributed by atoms with Crippen molar-refractivity contribution in [2.75, 3.05) is 11.9 Å². The highest BCUT2D eigenvalue weighted by Crippen LogP contribution is 2.11. The zero-order chi connectivity index (χ0) is 15.4. The number of anilines is 1. The van der Waals surface area contributed by atoms with Gasteiger partial charge in [-0.3, -0.25) is 0 Å². The van der Waals surface area contributed by atoms with Gasteiger partial charge in [-0.05, 0) is 24.3 Å². The van der Waals surface area contributed by atoms with Crippen LogP contribution in [0.25, 0.3) is 5.65 Å². The summed E-state index contributed by atoms with van der Waals surface area (Å²) < 4.78 is 1.88. The zero-order valence-electron chi connectivity index (χ0n) is 11.8. The molecule has 0 atom stereocenters. The Hall–Kier alpha value is -2.53. The fraction of sp³-hybridized carbons (Fsp3) is 0.125. The number of amides is 2. The average Bonchev–Trinajstić information content (AvgIpc) is 2.90. The summed E-state index contributed by atoms with van der Waals surface area (Å²) >= 11 is 5.94. The van der Waals surface area contributed by atoms with E-state index >= 15 is 0 Å². The normalized spacial score (nSPS) is 10.6. The lowest BCUT2D eigenvalue weighted by molar-refractivity contribution is 0.252. The third-order valence-electron chi connectivity index (χ3n) is 3.16. The van der Waals surface area contributed by atoms with E-state index in [-0.39, 0.29) is 6.03 Å². The van der Waals surface area contributed by atoms with Crippen LogP contribution in [-0.4, -0.2) is 22.0 Å². The van der Waals surface area contributed by atoms with Crippen LogP contribution in [0.5, 0.6) is 0 Å². The number of benzene rings is 1. The average molecular weight is 315 g/mol. The van der Waals surface area contributed by atoms with Crippen molar-refractivity contribution in [3.63, 3.8) is 0 Å². The number of hydrogen-bond donors (Lipinski definition) is 2. The van der Waals surface area contributed by atoms with Gasteiger partial charge >= 0.3 is 6.03 Å². The predicted molar refractivity (Wildman–Crippen MR) is 87.4 cm³/mol. The molecule has 0 aliphatic rings. The second kappa shape index (κ2) is 6.49. The molecule has 112 valence electrons. The van der Waals surface area contributed by atoms with E-state index in [0.29, 0.717) is 18.0 Å². The first-order chi connectivity index (χ1) is 10.7. The highest BCUT2D eigenvalue weighted by molar-refractivity contribution is 6.30. The number of para-hydroxylation sites is 1. The molecule has 22 heavy (non-hydrogen) atoms. The van der Waals surface area contributed by atoms with Gasteiger partial charge in [-0.2, -0.15) is 0 Å². The van der Waals surface area contributed by atoms with E-state index < -0.39 is 0 Å². The van der Waals surface area contributed by atoms with Crippen molar-refractivity contribution in [3.05, 3.63) is 65.6 Å². The molecular weight excluding hydrogens is 300 g/mol. The fourth-order valence-electron chi connectivity index (χ4n) is 2.14. The summed E-state index contributed by atoms with van der Waals surface area (Å²) in [5.41, 5.74) is 2.51. The molecule has 2 heterocycles. The van der Waals surface area contributed by atoms with Gasteiger partial charge in [0, 0.05) is 31.0 Å². The van der Waals surface area contributed by atoms with Crippen LogP contribution in [0.4, 0.5) is 10.5 Å². The fourth-order valence-corrected chi connectivity index (χ4v) is 2.31. The van der Waals surface area contributed by atoms with Crippen LogP contribution < -0.4 is 10.6 Å². The highest BCUT2D eigenvalue weighted by atomic mass is 35.5. The molecule has 0 aliphatic heterocycles. The quantitative estimate of drug-likeness (QED) is 0.776. The predicted octanol–water partition coefficient (Wildman–Crippen LogP) is 3.35. The number of hydrogen-bond acceptors (Lipinski definition) is 2. The largest absolute Gasteiger partial charge is 0.337 e. The Morgan fingerprint density at radius 2 is 1.95 bits per heavy atom. The lowest BCUT2D eigenvalue weighted by Gasteiger charge is -2.06. The minimum Gasteiger partial charge on any atom is -0.337 e. The first kappa shape index (κ1) is 14.4. The molecule has 0 unspecified atom stereocenters. The Labute approximate surface area is 132 Å². The molecule has 0 saturated heterocycles. The molecule has 0 spiro atoms. The van der Waals surface area contributed by atoms with Gasteiger partial charge in [-0.25, -0.2) is 9.78 Å². The van der Waals surface area contributed by atoms with Gasteiger partial charge in [-0.15, -0.1) is 0 Å². The topological polar surface area (TPSA) is 58.4 Å². The van der Waals surface area contributed by atoms with Crippen LogP contribution >= 0.6 is 11.6 Å². The SMILES string of the molecule is O=C(NCCc1cn2cc(Cl)ccc2n1)Nc1ccccc1. The van der Waals surface area contributed by atoms with Crippen molar-refractivity contribution in [2.24, 2.45) is 0 Å². The van der Waals surface area contributed by atoms with Gasteiger partial charge < -0.3 is 15.0 Å². The molecule has 0 saturated carbocycles. The maximum Gasteiger partial charge on any atom is 0.319 e. The minimum atomic E-state index is -0.224. The molecule has 2 N–H and O–H groups in total. The van der Waals surface area contributed by atoms with E-state index in [9.17, 15) is 4.79 Å². The maximum absolute atomic E-state index is 11.8. The Morgan fingerprint density at radius 1 is 1.14 bits per heavy atom. The van der Waals surface area contributed by atoms with Gasteiger partial charge in [-0.1, -0.05) is 29.8 Å². The molecule has 6 heteroatoms. The van der Waals surface area contributed by atoms with Gasteiger partial charge in [0.15, 0.2) is 0 Å². The monoisotopic (exact) mass is 314 g/mol. The van der Waals surface area contributed by atoms with Crippen molar-refractivity contribution in [1.29, 1.82) is 0 Å². The molecule has 0 aliphatic carbocycles. The molecule has 0 radical (unpaired) electrons. The number of carbonyl (C=O) groups excluding carboxylic acids is 1. The zero-order valence-corrected chi connectivity index (χ0v) is 12.5. The van der Waals surface area contributed by atoms with Crippen molar-refractivity contribution >= 4 is 29.0 Å². The van der Waals surface area contributed by atoms with E-state index in [2.05, 4.69) is 15.6 Å². The molecule has 0 bridgehead atoms. The van der Waals surface area contributed by atoms with Crippen LogP contribution in [0.1, 0.15) is 5.69 Å². The van der Waals surface area contributed by atoms with Gasteiger partial charge in [0.25, 0.3) is 0 Å². The van der Waals surface area contributed by atoms with E-state index in [4.69, 9.17) is 11.6 Å². The Morgan fingerprint density at radius 3 is 2.77 bits per heavy atom. The van der Waals surface area contributed by atoms with Crippen LogP contribution in [0.3, 0.4) is 0 Å². The van der Waals surface area contributed by atoms with Crippen molar-refractivity contribution in [2.45, 2.75) is 6.42 Å². The number of nitrogens with one attached hydrogen (secondary N) is 2. The van der Waals surface area contributed by atoms with Gasteiger partial charge in [0.2, 0.25) is 0 Å². The standard InChI is InChI=1S/C16H15ClN4O/c17-12-6-7-15-19-14(11-21(15)10-12)8-9-18-16(22)20-13-4-2-1-3-5-13/h1-7,10-11H,8-9H2,(H2,18,20,22). The number of pyridine rings is 1. The number of carbonyl (C=O) groups is 1. The lowest BCUT2D eigenvalue weighted by atomic mass is 10.3. The molecular formula is C16H15ClN4O. The smallest absolute Gasteiger partial charge is 0.319 e. The van der Waals surface area contributed by atoms with Crippen molar-refractivity contribution in [1.82, 2.24) is 14.7 Å². The number of halogens is 1. The Kier molecular flexibility index (Phi) is 4.25. The van der Waals surface area contributed by atoms with Crippen LogP contribution in [0, 0.1) is 0 Å². The number of imidazole rings is 1. The minimum absolute atomic E-state index is 0.224. The number of urea groups is 1. The Bertz CT molecular complexity index is 785. The Balaban J connectivity index is 1.52. The van der Waals surface area contributed by atoms with E-state index in [0.717, 1.165) is 17.0 Å². The summed E-state index contributed by atoms with van der Waals surface area (Å²) in [5.74, 6) is 0. The number of fused-ring (bicyclic) bond motifs is 1. The van der Waals surface area contributed by atoms with Crippen molar-refractivity contribution in [3.8, 4) is 0 Å². The third-order valence-corrected chi connectivity index (χ3v) is 3.39. The number of nitrogens with zero attached hydrogens (tertiary/aromatic N) is 2. The van der Waals surface area contributed by atoms with Crippen molar-refractivity contribution < 1.29 is 4.79 Å². The molecule has 3 aromatic rings. The summed E-state index contributed by atoms with van der Waals surface area (Å²) in [7, 11) is 0. The van der Waals surface area contributed by atoms with Crippen LogP contribution in [0.2, 0.25) is 5.02 Å². The van der Waals surface area contributed by atoms with Gasteiger partial charge in [0.1, 0.15) is 5.65 Å². The molecule has 5 nitrogen and oxygen atoms in total. The second-order valence-electron chi connectivity index (χ2n) is 4.84. The lowest BCUT2D eigenvalue weighted by Crippen LogP contribution is -2.30. The van der Waals surface area contributed by atoms with Gasteiger partial charge in [0.05, 0.1) is 10.7 Å². The first-order valence-corrected chi connectivity index (χ1v) is 7.31. The van der Waals surface area contributed by atoms with Crippen LogP contribution in [-0.2, 0) is 6.42 Å². The molecule has 0 fully saturated rings. The maximum atomic E-state index is 11.8. The number of rotatable bonds is 4. The van der Waals surface area contributed by atoms with E-state index in [1.54, 1.807) is 6.07 Å². The third kappa shape index (κ3) is 3.56. The molecule has 3 rings (SSSR count). The summed E-state index contributed by atoms with van der Waals surface area (Å²) in [6.07, 6.45) is 4.38. The summed E-state index contributed by atoms with van der Waals surface area (Å²) in [6.45, 7) is 0.510. The molecule has 2 aromatic heterocycles. The summed E-state index contributed by atoms with van der Waals surface area (Å²) in [6, 6.07) is 12.8. The molecule has 2 amide bonds. The van der Waals surface area contributed by atoms with E-state index in [1.807, 2.05) is 53.2 Å². The molecule has 1 aromatic carbocycles. The highest BCUT2D eigenvalue weighted by Gasteiger charge is 2.04. The van der Waals surface area contributed by atoms with E-state index in [1.165, 1.54) is 0 Å². The van der Waals surface area contributed by atoms with Crippen LogP contribution in [0.15, 0.2) is 54.9 Å². The summed E-state index contributed by atoms with van der Waals surface area (Å²) in [4.78, 5) is 16.2. The first-order valence-electron chi connectivity index (χ1n) is 6.94. The summed E-state index contributed by atoms with van der Waals surface area (Å²) in [5, 5.41) is 6.24.